The van der Waals surface area contributed by atoms with Gasteiger partial charge in [-0.2, -0.15) is 0 Å². The van der Waals surface area contributed by atoms with E-state index in [1.54, 1.807) is 7.11 Å². The van der Waals surface area contributed by atoms with Crippen LogP contribution in [0.15, 0.2) is 35.1 Å². The van der Waals surface area contributed by atoms with Crippen molar-refractivity contribution in [1.29, 1.82) is 0 Å². The van der Waals surface area contributed by atoms with E-state index in [0.717, 1.165) is 14.2 Å². The van der Waals surface area contributed by atoms with Crippen molar-refractivity contribution in [3.63, 3.8) is 0 Å². The summed E-state index contributed by atoms with van der Waals surface area (Å²) in [7, 11) is 2.68. The minimum atomic E-state index is 0.229. The van der Waals surface area contributed by atoms with E-state index in [1.807, 2.05) is 30.3 Å². The van der Waals surface area contributed by atoms with Gasteiger partial charge < -0.3 is 14.0 Å². The van der Waals surface area contributed by atoms with Crippen LogP contribution in [0.2, 0.25) is 0 Å². The number of hydrogen-bond donors (Lipinski definition) is 1. The minimum absolute atomic E-state index is 0.229. The van der Waals surface area contributed by atoms with Crippen molar-refractivity contribution >= 4 is 23.2 Å². The molecule has 1 unspecified atom stereocenters. The summed E-state index contributed by atoms with van der Waals surface area (Å²) in [5, 5.41) is 0. The average molecular weight is 288 g/mol. The molecule has 1 N–H and O–H groups in total. The van der Waals surface area contributed by atoms with Gasteiger partial charge in [-0.3, -0.25) is 0 Å². The predicted molar refractivity (Wildman–Crippen MR) is 75.5 cm³/mol. The molecular weight excluding hydrogens is 270 g/mol. The summed E-state index contributed by atoms with van der Waals surface area (Å²) in [6.45, 7) is 2.40. The Balaban J connectivity index is 1.91. The van der Waals surface area contributed by atoms with Crippen LogP contribution < -0.4 is 4.86 Å². The number of hydrogen-bond acceptors (Lipinski definition) is 4. The Kier molecular flexibility index (Phi) is 10.1. The van der Waals surface area contributed by atoms with Gasteiger partial charge in [-0.05, 0) is 12.1 Å². The molecule has 1 aromatic carbocycles. The smallest absolute Gasteiger partial charge is 0.102 e. The molecule has 0 aromatic heterocycles. The van der Waals surface area contributed by atoms with Crippen molar-refractivity contribution in [2.75, 3.05) is 33.5 Å². The molecule has 0 aliphatic rings. The molecule has 0 saturated carbocycles. The molecule has 0 aliphatic heterocycles. The quantitative estimate of drug-likeness (QED) is 0.531. The lowest BCUT2D eigenvalue weighted by atomic mass is 10.3. The van der Waals surface area contributed by atoms with Gasteiger partial charge in [0.25, 0.3) is 0 Å². The van der Waals surface area contributed by atoms with Gasteiger partial charge in [0.2, 0.25) is 0 Å². The molecule has 1 atom stereocenters. The van der Waals surface area contributed by atoms with Gasteiger partial charge in [0.15, 0.2) is 0 Å². The molecule has 1 rings (SSSR count). The van der Waals surface area contributed by atoms with E-state index in [-0.39, 0.29) is 8.96 Å². The highest BCUT2D eigenvalue weighted by Crippen LogP contribution is 2.18. The standard InChI is InChI=1S/C11H18N2O3P2/c1-14-7-8-15-9-10-16-18-13-17-12-11-5-3-2-4-6-11/h2-6,18H,7-10H2,1H3,(H,12,13). The first-order valence-electron chi connectivity index (χ1n) is 5.57. The zero-order valence-electron chi connectivity index (χ0n) is 10.3. The van der Waals surface area contributed by atoms with E-state index in [9.17, 15) is 0 Å². The van der Waals surface area contributed by atoms with Crippen LogP contribution in [0.25, 0.3) is 0 Å². The molecule has 0 spiro atoms. The highest BCUT2D eigenvalue weighted by atomic mass is 31.1. The van der Waals surface area contributed by atoms with Crippen LogP contribution in [0.4, 0.5) is 5.69 Å². The van der Waals surface area contributed by atoms with E-state index in [4.69, 9.17) is 14.0 Å². The summed E-state index contributed by atoms with van der Waals surface area (Å²) in [5.41, 5.74) is 0.958. The minimum Gasteiger partial charge on any atom is -0.382 e. The normalized spacial score (nSPS) is 11.8. The summed E-state index contributed by atoms with van der Waals surface area (Å²) in [4.78, 5) is 3.07. The Morgan fingerprint density at radius 2 is 1.94 bits per heavy atom. The van der Waals surface area contributed by atoms with E-state index >= 15 is 0 Å². The van der Waals surface area contributed by atoms with Gasteiger partial charge in [0, 0.05) is 7.11 Å². The van der Waals surface area contributed by atoms with Gasteiger partial charge >= 0.3 is 0 Å². The Morgan fingerprint density at radius 1 is 1.17 bits per heavy atom. The molecule has 0 amide bonds. The zero-order chi connectivity index (χ0) is 12.9. The predicted octanol–water partition coefficient (Wildman–Crippen LogP) is 3.14. The van der Waals surface area contributed by atoms with Crippen LogP contribution in [0, 0.1) is 0 Å². The van der Waals surface area contributed by atoms with Crippen molar-refractivity contribution in [2.24, 2.45) is 4.74 Å². The third kappa shape index (κ3) is 8.65. The highest BCUT2D eigenvalue weighted by Gasteiger charge is 1.89. The summed E-state index contributed by atoms with van der Waals surface area (Å²) in [5.74, 6) is 0. The molecule has 0 saturated heterocycles. The van der Waals surface area contributed by atoms with Gasteiger partial charge in [-0.15, -0.1) is 0 Å². The van der Waals surface area contributed by atoms with Gasteiger partial charge in [-0.25, -0.2) is 9.60 Å². The van der Waals surface area contributed by atoms with Crippen molar-refractivity contribution in [2.45, 2.75) is 0 Å². The number of methoxy groups -OCH3 is 1. The van der Waals surface area contributed by atoms with E-state index in [1.165, 1.54) is 0 Å². The van der Waals surface area contributed by atoms with Crippen molar-refractivity contribution in [1.82, 2.24) is 4.86 Å². The number of ether oxygens (including phenoxy) is 2. The summed E-state index contributed by atoms with van der Waals surface area (Å²) in [6, 6.07) is 9.82. The maximum atomic E-state index is 5.34. The number of benzene rings is 1. The van der Waals surface area contributed by atoms with E-state index in [0.29, 0.717) is 26.4 Å². The first kappa shape index (κ1) is 15.6. The average Bonchev–Trinajstić information content (AvgIpc) is 2.42. The zero-order valence-corrected chi connectivity index (χ0v) is 12.2. The summed E-state index contributed by atoms with van der Waals surface area (Å²) in [6.07, 6.45) is 0. The molecular formula is C11H18N2O3P2. The molecule has 1 aromatic rings. The van der Waals surface area contributed by atoms with Crippen LogP contribution >= 0.6 is 17.5 Å². The monoisotopic (exact) mass is 288 g/mol. The molecule has 7 heteroatoms. The number of nitrogens with one attached hydrogen (secondary N) is 1. The lowest BCUT2D eigenvalue weighted by Gasteiger charge is -2.03. The molecule has 0 heterocycles. The Hall–Kier alpha value is -0.410. The van der Waals surface area contributed by atoms with E-state index < -0.39 is 0 Å². The molecule has 0 fully saturated rings. The molecule has 0 aliphatic carbocycles. The number of rotatable bonds is 10. The molecule has 5 nitrogen and oxygen atoms in total. The fourth-order valence-electron chi connectivity index (χ4n) is 1.03. The topological polar surface area (TPSA) is 52.1 Å². The molecule has 0 radical (unpaired) electrons. The third-order valence-corrected chi connectivity index (χ3v) is 3.30. The van der Waals surface area contributed by atoms with Crippen molar-refractivity contribution in [3.8, 4) is 0 Å². The first-order chi connectivity index (χ1) is 8.93. The van der Waals surface area contributed by atoms with Crippen molar-refractivity contribution in [3.05, 3.63) is 30.3 Å². The van der Waals surface area contributed by atoms with E-state index in [2.05, 4.69) is 9.60 Å². The third-order valence-electron chi connectivity index (χ3n) is 1.85. The molecule has 100 valence electrons. The Labute approximate surface area is 111 Å². The largest absolute Gasteiger partial charge is 0.382 e. The Morgan fingerprint density at radius 3 is 2.72 bits per heavy atom. The van der Waals surface area contributed by atoms with Crippen LogP contribution in [0.5, 0.6) is 0 Å². The van der Waals surface area contributed by atoms with Crippen LogP contribution in [0.3, 0.4) is 0 Å². The maximum absolute atomic E-state index is 5.34. The molecule has 18 heavy (non-hydrogen) atoms. The second-order valence-corrected chi connectivity index (χ2v) is 4.99. The first-order valence-corrected chi connectivity index (χ1v) is 7.33. The molecule has 0 bridgehead atoms. The lowest BCUT2D eigenvalue weighted by Crippen LogP contribution is -2.06. The van der Waals surface area contributed by atoms with Gasteiger partial charge in [-0.1, -0.05) is 18.2 Å². The van der Waals surface area contributed by atoms with Crippen LogP contribution in [-0.2, 0) is 14.0 Å². The van der Waals surface area contributed by atoms with Crippen LogP contribution in [0.1, 0.15) is 0 Å². The highest BCUT2D eigenvalue weighted by molar-refractivity contribution is 7.44. The SMILES string of the molecule is COCCOCCOPNP=Nc1ccccc1. The number of nitrogens with zero attached hydrogens (tertiary/aromatic N) is 1. The maximum Gasteiger partial charge on any atom is 0.102 e. The van der Waals surface area contributed by atoms with Crippen molar-refractivity contribution < 1.29 is 14.0 Å². The summed E-state index contributed by atoms with van der Waals surface area (Å²) < 4.78 is 19.7. The Bertz CT molecular complexity index is 325. The summed E-state index contributed by atoms with van der Waals surface area (Å²) >= 11 is 0. The fraction of sp³-hybridized carbons (Fsp3) is 0.455. The van der Waals surface area contributed by atoms with Gasteiger partial charge in [0.05, 0.1) is 41.1 Å². The lowest BCUT2D eigenvalue weighted by molar-refractivity contribution is 0.0568. The second kappa shape index (κ2) is 11.7. The van der Waals surface area contributed by atoms with Gasteiger partial charge in [0.1, 0.15) is 8.52 Å². The second-order valence-electron chi connectivity index (χ2n) is 3.20. The fourth-order valence-corrected chi connectivity index (χ4v) is 2.08. The van der Waals surface area contributed by atoms with Crippen LogP contribution in [-0.4, -0.2) is 33.5 Å².